The predicted molar refractivity (Wildman–Crippen MR) is 118 cm³/mol. The van der Waals surface area contributed by atoms with Crippen LogP contribution in [0.3, 0.4) is 0 Å². The second kappa shape index (κ2) is 8.83. The Morgan fingerprint density at radius 1 is 0.900 bits per heavy atom. The first-order valence-corrected chi connectivity index (χ1v) is 12.3. The minimum Gasteiger partial charge on any atom is -0.323 e. The molecule has 2 aliphatic heterocycles. The van der Waals surface area contributed by atoms with Gasteiger partial charge in [0, 0.05) is 45.0 Å². The van der Waals surface area contributed by atoms with E-state index in [0.717, 1.165) is 11.3 Å². The second-order valence-electron chi connectivity index (χ2n) is 9.01. The summed E-state index contributed by atoms with van der Waals surface area (Å²) in [5, 5.41) is 2.97. The topological polar surface area (TPSA) is 90.0 Å². The third kappa shape index (κ3) is 5.65. The third-order valence-corrected chi connectivity index (χ3v) is 7.26. The van der Waals surface area contributed by atoms with Crippen molar-refractivity contribution in [1.29, 1.82) is 0 Å². The number of anilines is 1. The minimum atomic E-state index is -3.02. The summed E-state index contributed by atoms with van der Waals surface area (Å²) >= 11 is 0. The van der Waals surface area contributed by atoms with E-state index in [1.165, 1.54) is 0 Å². The fraction of sp³-hybridized carbons (Fsp3) is 0.619. The zero-order chi connectivity index (χ0) is 21.9. The van der Waals surface area contributed by atoms with Crippen molar-refractivity contribution in [3.05, 3.63) is 29.8 Å². The maximum Gasteiger partial charge on any atom is 0.321 e. The number of carbonyl (C=O) groups is 2. The quantitative estimate of drug-likeness (QED) is 0.732. The van der Waals surface area contributed by atoms with E-state index in [-0.39, 0.29) is 42.1 Å². The van der Waals surface area contributed by atoms with Gasteiger partial charge in [-0.2, -0.15) is 0 Å². The van der Waals surface area contributed by atoms with Crippen LogP contribution in [0.5, 0.6) is 0 Å². The molecule has 1 aromatic rings. The van der Waals surface area contributed by atoms with E-state index in [1.807, 2.05) is 18.2 Å². The Morgan fingerprint density at radius 2 is 1.50 bits per heavy atom. The Hall–Kier alpha value is -2.29. The molecule has 0 spiro atoms. The van der Waals surface area contributed by atoms with Crippen molar-refractivity contribution in [1.82, 2.24) is 14.7 Å². The highest BCUT2D eigenvalue weighted by atomic mass is 32.2. The van der Waals surface area contributed by atoms with Gasteiger partial charge in [-0.25, -0.2) is 18.0 Å². The molecule has 0 unspecified atom stereocenters. The zero-order valence-electron chi connectivity index (χ0n) is 18.1. The van der Waals surface area contributed by atoms with Crippen molar-refractivity contribution in [3.8, 4) is 0 Å². The molecule has 166 valence electrons. The minimum absolute atomic E-state index is 0.00199. The first-order valence-electron chi connectivity index (χ1n) is 10.5. The normalized spacial score (nSPS) is 19.9. The van der Waals surface area contributed by atoms with Crippen LogP contribution in [0.25, 0.3) is 0 Å². The molecule has 0 aliphatic carbocycles. The number of nitrogens with one attached hydrogen (secondary N) is 1. The van der Waals surface area contributed by atoms with Gasteiger partial charge in [0.15, 0.2) is 9.84 Å². The van der Waals surface area contributed by atoms with Gasteiger partial charge in [-0.1, -0.05) is 32.9 Å². The van der Waals surface area contributed by atoms with Crippen LogP contribution in [0, 0.1) is 0 Å². The Morgan fingerprint density at radius 3 is 2.17 bits per heavy atom. The number of nitrogens with zero attached hydrogens (tertiary/aromatic N) is 3. The molecular formula is C21H32N4O4S. The fourth-order valence-corrected chi connectivity index (χ4v) is 4.88. The number of benzene rings is 1. The molecule has 2 heterocycles. The van der Waals surface area contributed by atoms with Crippen LogP contribution < -0.4 is 5.32 Å². The Labute approximate surface area is 179 Å². The Bertz CT molecular complexity index is 881. The predicted octanol–water partition coefficient (Wildman–Crippen LogP) is 2.37. The lowest BCUT2D eigenvalue weighted by Crippen LogP contribution is -2.50. The first kappa shape index (κ1) is 22.4. The van der Waals surface area contributed by atoms with Crippen LogP contribution in [0.2, 0.25) is 0 Å². The highest BCUT2D eigenvalue weighted by molar-refractivity contribution is 7.91. The molecule has 4 amide bonds. The number of amides is 4. The van der Waals surface area contributed by atoms with E-state index in [2.05, 4.69) is 32.2 Å². The summed E-state index contributed by atoms with van der Waals surface area (Å²) in [6.45, 7) is 8.90. The molecule has 2 aliphatic rings. The van der Waals surface area contributed by atoms with Crippen molar-refractivity contribution >= 4 is 27.6 Å². The van der Waals surface area contributed by atoms with Gasteiger partial charge in [-0.3, -0.25) is 0 Å². The average Bonchev–Trinajstić information content (AvgIpc) is 2.93. The smallest absolute Gasteiger partial charge is 0.321 e. The van der Waals surface area contributed by atoms with Crippen molar-refractivity contribution in [2.24, 2.45) is 0 Å². The summed E-state index contributed by atoms with van der Waals surface area (Å²) in [7, 11) is -3.02. The molecule has 1 N–H and O–H groups in total. The van der Waals surface area contributed by atoms with E-state index in [9.17, 15) is 18.0 Å². The molecule has 8 nitrogen and oxygen atoms in total. The molecule has 0 bridgehead atoms. The summed E-state index contributed by atoms with van der Waals surface area (Å²) in [4.78, 5) is 30.6. The standard InChI is InChI=1S/C21H32N4O4S/c1-21(2,3)17-6-4-7-18(16-17)22-19(26)23-8-5-9-24(11-10-23)20(27)25-12-14-30(28,29)15-13-25/h4,6-7,16H,5,8-15H2,1-3H3,(H,22,26). The summed E-state index contributed by atoms with van der Waals surface area (Å²) in [5.41, 5.74) is 1.91. The lowest BCUT2D eigenvalue weighted by molar-refractivity contribution is 0.157. The summed E-state index contributed by atoms with van der Waals surface area (Å²) in [5.74, 6) is 0.0451. The summed E-state index contributed by atoms with van der Waals surface area (Å²) in [6, 6.07) is 7.57. The molecule has 0 saturated carbocycles. The maximum absolute atomic E-state index is 12.8. The van der Waals surface area contributed by atoms with Gasteiger partial charge in [0.2, 0.25) is 0 Å². The SMILES string of the molecule is CC(C)(C)c1cccc(NC(=O)N2CCCN(C(=O)N3CCS(=O)(=O)CC3)CC2)c1. The molecule has 3 rings (SSSR count). The van der Waals surface area contributed by atoms with Crippen molar-refractivity contribution < 1.29 is 18.0 Å². The molecule has 2 fully saturated rings. The van der Waals surface area contributed by atoms with Crippen LogP contribution in [0.15, 0.2) is 24.3 Å². The molecule has 0 atom stereocenters. The summed E-state index contributed by atoms with van der Waals surface area (Å²) in [6.07, 6.45) is 0.688. The Balaban J connectivity index is 1.56. The average molecular weight is 437 g/mol. The van der Waals surface area contributed by atoms with Gasteiger partial charge in [-0.05, 0) is 29.5 Å². The number of rotatable bonds is 1. The molecule has 0 radical (unpaired) electrons. The lowest BCUT2D eigenvalue weighted by atomic mass is 9.87. The van der Waals surface area contributed by atoms with Crippen molar-refractivity contribution in [2.75, 3.05) is 56.1 Å². The van der Waals surface area contributed by atoms with Gasteiger partial charge in [0.1, 0.15) is 0 Å². The number of urea groups is 2. The van der Waals surface area contributed by atoms with E-state index in [4.69, 9.17) is 0 Å². The first-order chi connectivity index (χ1) is 14.0. The molecule has 9 heteroatoms. The van der Waals surface area contributed by atoms with Gasteiger partial charge in [0.05, 0.1) is 11.5 Å². The molecular weight excluding hydrogens is 404 g/mol. The van der Waals surface area contributed by atoms with Gasteiger partial charge >= 0.3 is 12.1 Å². The molecule has 0 aromatic heterocycles. The maximum atomic E-state index is 12.8. The van der Waals surface area contributed by atoms with Crippen molar-refractivity contribution in [3.63, 3.8) is 0 Å². The third-order valence-electron chi connectivity index (χ3n) is 5.65. The van der Waals surface area contributed by atoms with Crippen molar-refractivity contribution in [2.45, 2.75) is 32.6 Å². The highest BCUT2D eigenvalue weighted by Crippen LogP contribution is 2.24. The summed E-state index contributed by atoms with van der Waals surface area (Å²) < 4.78 is 23.2. The monoisotopic (exact) mass is 436 g/mol. The van der Waals surface area contributed by atoms with E-state index in [1.54, 1.807) is 14.7 Å². The van der Waals surface area contributed by atoms with Gasteiger partial charge in [-0.15, -0.1) is 0 Å². The Kier molecular flexibility index (Phi) is 6.59. The number of hydrogen-bond acceptors (Lipinski definition) is 4. The largest absolute Gasteiger partial charge is 0.323 e. The van der Waals surface area contributed by atoms with Crippen LogP contribution in [-0.4, -0.2) is 86.0 Å². The van der Waals surface area contributed by atoms with Gasteiger partial charge < -0.3 is 20.0 Å². The molecule has 2 saturated heterocycles. The van der Waals surface area contributed by atoms with Crippen LogP contribution in [0.4, 0.5) is 15.3 Å². The van der Waals surface area contributed by atoms with Gasteiger partial charge in [0.25, 0.3) is 0 Å². The van der Waals surface area contributed by atoms with Crippen LogP contribution >= 0.6 is 0 Å². The van der Waals surface area contributed by atoms with E-state index < -0.39 is 9.84 Å². The van der Waals surface area contributed by atoms with E-state index >= 15 is 0 Å². The molecule has 30 heavy (non-hydrogen) atoms. The number of carbonyl (C=O) groups excluding carboxylic acids is 2. The number of sulfone groups is 1. The second-order valence-corrected chi connectivity index (χ2v) is 11.3. The zero-order valence-corrected chi connectivity index (χ0v) is 18.9. The van der Waals surface area contributed by atoms with Crippen LogP contribution in [0.1, 0.15) is 32.8 Å². The molecule has 1 aromatic carbocycles. The number of hydrogen-bond donors (Lipinski definition) is 1. The van der Waals surface area contributed by atoms with E-state index in [0.29, 0.717) is 32.6 Å². The lowest BCUT2D eigenvalue weighted by Gasteiger charge is -2.32. The van der Waals surface area contributed by atoms with Crippen LogP contribution in [-0.2, 0) is 15.3 Å². The highest BCUT2D eigenvalue weighted by Gasteiger charge is 2.29. The fourth-order valence-electron chi connectivity index (χ4n) is 3.68.